The van der Waals surface area contributed by atoms with Crippen molar-refractivity contribution in [1.29, 1.82) is 0 Å². The maximum absolute atomic E-state index is 11.9. The lowest BCUT2D eigenvalue weighted by atomic mass is 10.2. The minimum absolute atomic E-state index is 0.0576. The minimum atomic E-state index is -4.05. The zero-order valence-corrected chi connectivity index (χ0v) is 11.9. The van der Waals surface area contributed by atoms with Gasteiger partial charge >= 0.3 is 5.97 Å². The second kappa shape index (κ2) is 6.16. The highest BCUT2D eigenvalue weighted by Gasteiger charge is 2.22. The van der Waals surface area contributed by atoms with Crippen molar-refractivity contribution in [2.75, 3.05) is 6.54 Å². The first-order valence-corrected chi connectivity index (χ1v) is 7.17. The number of sulfonamides is 1. The van der Waals surface area contributed by atoms with Crippen LogP contribution in [0.2, 0.25) is 5.02 Å². The Kier molecular flexibility index (Phi) is 5.03. The Bertz CT molecular complexity index is 658. The molecular formula is C10H11ClN2O6S. The number of rotatable bonds is 6. The maximum Gasteiger partial charge on any atom is 0.304 e. The van der Waals surface area contributed by atoms with Gasteiger partial charge in [-0.05, 0) is 13.0 Å². The van der Waals surface area contributed by atoms with Gasteiger partial charge in [0.05, 0.1) is 21.3 Å². The lowest BCUT2D eigenvalue weighted by Gasteiger charge is -2.07. The molecule has 0 saturated carbocycles. The number of carboxylic acid groups (broad SMARTS) is 1. The van der Waals surface area contributed by atoms with Crippen LogP contribution in [-0.4, -0.2) is 31.0 Å². The smallest absolute Gasteiger partial charge is 0.304 e. The molecule has 1 aromatic carbocycles. The van der Waals surface area contributed by atoms with Crippen LogP contribution in [0.15, 0.2) is 17.0 Å². The van der Waals surface area contributed by atoms with Crippen LogP contribution in [0.1, 0.15) is 12.0 Å². The number of hydrogen-bond donors (Lipinski definition) is 2. The molecule has 0 saturated heterocycles. The van der Waals surface area contributed by atoms with Crippen molar-refractivity contribution in [3.05, 3.63) is 32.8 Å². The van der Waals surface area contributed by atoms with Gasteiger partial charge in [0, 0.05) is 18.2 Å². The summed E-state index contributed by atoms with van der Waals surface area (Å²) in [4.78, 5) is 20.0. The van der Waals surface area contributed by atoms with Gasteiger partial charge in [-0.3, -0.25) is 14.9 Å². The largest absolute Gasteiger partial charge is 0.481 e. The molecule has 0 aliphatic carbocycles. The molecular weight excluding hydrogens is 312 g/mol. The quantitative estimate of drug-likeness (QED) is 0.600. The fourth-order valence-electron chi connectivity index (χ4n) is 1.36. The van der Waals surface area contributed by atoms with E-state index in [0.717, 1.165) is 12.1 Å². The van der Waals surface area contributed by atoms with Crippen LogP contribution in [0.3, 0.4) is 0 Å². The average Bonchev–Trinajstić information content (AvgIpc) is 2.31. The van der Waals surface area contributed by atoms with Crippen molar-refractivity contribution in [3.63, 3.8) is 0 Å². The van der Waals surface area contributed by atoms with E-state index in [0.29, 0.717) is 0 Å². The molecule has 110 valence electrons. The van der Waals surface area contributed by atoms with E-state index in [4.69, 9.17) is 16.7 Å². The first-order chi connectivity index (χ1) is 9.15. The summed E-state index contributed by atoms with van der Waals surface area (Å²) in [5, 5.41) is 19.2. The van der Waals surface area contributed by atoms with Crippen LogP contribution in [0.25, 0.3) is 0 Å². The summed E-state index contributed by atoms with van der Waals surface area (Å²) in [6, 6.07) is 1.96. The van der Waals surface area contributed by atoms with Crippen molar-refractivity contribution in [2.24, 2.45) is 0 Å². The third-order valence-electron chi connectivity index (χ3n) is 2.43. The minimum Gasteiger partial charge on any atom is -0.481 e. The fraction of sp³-hybridized carbons (Fsp3) is 0.300. The molecule has 10 heteroatoms. The highest BCUT2D eigenvalue weighted by atomic mass is 35.5. The van der Waals surface area contributed by atoms with E-state index in [9.17, 15) is 23.3 Å². The number of nitrogens with one attached hydrogen (secondary N) is 1. The van der Waals surface area contributed by atoms with Crippen LogP contribution >= 0.6 is 11.6 Å². The van der Waals surface area contributed by atoms with E-state index in [1.165, 1.54) is 6.92 Å². The number of aliphatic carboxylic acids is 1. The zero-order chi connectivity index (χ0) is 15.5. The molecule has 0 radical (unpaired) electrons. The van der Waals surface area contributed by atoms with Crippen LogP contribution < -0.4 is 4.72 Å². The van der Waals surface area contributed by atoms with Gasteiger partial charge < -0.3 is 5.11 Å². The Balaban J connectivity index is 3.13. The second-order valence-corrected chi connectivity index (χ2v) is 6.02. The lowest BCUT2D eigenvalue weighted by molar-refractivity contribution is -0.385. The van der Waals surface area contributed by atoms with Gasteiger partial charge in [-0.25, -0.2) is 13.1 Å². The number of halogens is 1. The Labute approximate surface area is 119 Å². The number of carbonyl (C=O) groups is 1. The molecule has 0 fully saturated rings. The summed E-state index contributed by atoms with van der Waals surface area (Å²) in [5.74, 6) is -1.17. The molecule has 0 aromatic heterocycles. The molecule has 0 amide bonds. The van der Waals surface area contributed by atoms with Gasteiger partial charge in [0.15, 0.2) is 0 Å². The average molecular weight is 323 g/mol. The number of carboxylic acids is 1. The standard InChI is InChI=1S/C10H11ClN2O6S/c1-6-8(11)4-7(5-9(6)13(16)17)20(18,19)12-3-2-10(14)15/h4-5,12H,2-3H2,1H3,(H,14,15). The number of nitrogens with zero attached hydrogens (tertiary/aromatic N) is 1. The number of benzene rings is 1. The molecule has 0 aliphatic heterocycles. The Morgan fingerprint density at radius 1 is 1.50 bits per heavy atom. The van der Waals surface area contributed by atoms with Crippen LogP contribution in [0.5, 0.6) is 0 Å². The summed E-state index contributed by atoms with van der Waals surface area (Å²) in [7, 11) is -4.05. The summed E-state index contributed by atoms with van der Waals surface area (Å²) < 4.78 is 25.8. The van der Waals surface area contributed by atoms with Gasteiger partial charge in [-0.1, -0.05) is 11.6 Å². The predicted octanol–water partition coefficient (Wildman–Crippen LogP) is 1.31. The molecule has 1 aromatic rings. The van der Waals surface area contributed by atoms with Crippen LogP contribution in [0, 0.1) is 17.0 Å². The normalized spacial score (nSPS) is 11.3. The predicted molar refractivity (Wildman–Crippen MR) is 70.3 cm³/mol. The zero-order valence-electron chi connectivity index (χ0n) is 10.3. The molecule has 1 rings (SSSR count). The summed E-state index contributed by atoms with van der Waals surface area (Å²) in [6.45, 7) is 1.08. The van der Waals surface area contributed by atoms with Crippen molar-refractivity contribution in [3.8, 4) is 0 Å². The van der Waals surface area contributed by atoms with E-state index in [2.05, 4.69) is 0 Å². The van der Waals surface area contributed by atoms with Crippen LogP contribution in [0.4, 0.5) is 5.69 Å². The number of nitro groups is 1. The monoisotopic (exact) mass is 322 g/mol. The molecule has 0 aliphatic rings. The van der Waals surface area contributed by atoms with Crippen molar-refractivity contribution in [1.82, 2.24) is 4.72 Å². The Morgan fingerprint density at radius 3 is 2.60 bits per heavy atom. The number of hydrogen-bond acceptors (Lipinski definition) is 5. The second-order valence-electron chi connectivity index (χ2n) is 3.85. The van der Waals surface area contributed by atoms with Gasteiger partial charge in [-0.2, -0.15) is 0 Å². The SMILES string of the molecule is Cc1c(Cl)cc(S(=O)(=O)NCCC(=O)O)cc1[N+](=O)[O-]. The summed E-state index contributed by atoms with van der Waals surface area (Å²) in [5.41, 5.74) is -0.266. The highest BCUT2D eigenvalue weighted by molar-refractivity contribution is 7.89. The molecule has 0 atom stereocenters. The first kappa shape index (κ1) is 16.3. The van der Waals surface area contributed by atoms with Gasteiger partial charge in [-0.15, -0.1) is 0 Å². The third-order valence-corrected chi connectivity index (χ3v) is 4.26. The van der Waals surface area contributed by atoms with Crippen molar-refractivity contribution in [2.45, 2.75) is 18.2 Å². The van der Waals surface area contributed by atoms with E-state index in [1.807, 2.05) is 4.72 Å². The van der Waals surface area contributed by atoms with Crippen LogP contribution in [-0.2, 0) is 14.8 Å². The summed E-state index contributed by atoms with van der Waals surface area (Å²) in [6.07, 6.45) is -0.402. The topological polar surface area (TPSA) is 127 Å². The molecule has 0 unspecified atom stereocenters. The molecule has 20 heavy (non-hydrogen) atoms. The molecule has 0 heterocycles. The van der Waals surface area contributed by atoms with Gasteiger partial charge in [0.2, 0.25) is 10.0 Å². The fourth-order valence-corrected chi connectivity index (χ4v) is 2.72. The Morgan fingerprint density at radius 2 is 2.10 bits per heavy atom. The van der Waals surface area contributed by atoms with E-state index in [-0.39, 0.29) is 22.0 Å². The van der Waals surface area contributed by atoms with Crippen molar-refractivity contribution >= 4 is 33.3 Å². The van der Waals surface area contributed by atoms with E-state index >= 15 is 0 Å². The molecule has 0 bridgehead atoms. The summed E-state index contributed by atoms with van der Waals surface area (Å²) >= 11 is 5.76. The third kappa shape index (κ3) is 3.89. The lowest BCUT2D eigenvalue weighted by Crippen LogP contribution is -2.26. The Hall–Kier alpha value is -1.71. The molecule has 2 N–H and O–H groups in total. The maximum atomic E-state index is 11.9. The first-order valence-electron chi connectivity index (χ1n) is 5.31. The van der Waals surface area contributed by atoms with Crippen molar-refractivity contribution < 1.29 is 23.2 Å². The van der Waals surface area contributed by atoms with Gasteiger partial charge in [0.1, 0.15) is 0 Å². The molecule has 8 nitrogen and oxygen atoms in total. The highest BCUT2D eigenvalue weighted by Crippen LogP contribution is 2.29. The number of nitro benzene ring substituents is 1. The van der Waals surface area contributed by atoms with E-state index < -0.39 is 33.0 Å². The van der Waals surface area contributed by atoms with Gasteiger partial charge in [0.25, 0.3) is 5.69 Å². The molecule has 0 spiro atoms. The van der Waals surface area contributed by atoms with E-state index in [1.54, 1.807) is 0 Å².